The van der Waals surface area contributed by atoms with Crippen molar-refractivity contribution in [3.8, 4) is 0 Å². The lowest BCUT2D eigenvalue weighted by Gasteiger charge is -2.37. The number of methoxy groups -OCH3 is 1. The summed E-state index contributed by atoms with van der Waals surface area (Å²) >= 11 is 0. The Balaban J connectivity index is 2.04. The third-order valence-corrected chi connectivity index (χ3v) is 4.45. The Morgan fingerprint density at radius 1 is 1.48 bits per heavy atom. The molecule has 0 fully saturated rings. The number of benzene rings is 1. The number of rotatable bonds is 5. The molecule has 0 radical (unpaired) electrons. The van der Waals surface area contributed by atoms with Crippen molar-refractivity contribution in [3.05, 3.63) is 35.4 Å². The van der Waals surface area contributed by atoms with Gasteiger partial charge in [0.1, 0.15) is 6.04 Å². The standard InChI is InChI=1S/C17H26N2O2/c1-17(2)9-8-12(13-6-4-5-7-14(13)17)10-19-16(20)15(18)11-21-3/h4-7,12,15H,8-11,18H2,1-3H3,(H,19,20). The van der Waals surface area contributed by atoms with Crippen LogP contribution in [0.5, 0.6) is 0 Å². The molecule has 0 spiro atoms. The quantitative estimate of drug-likeness (QED) is 0.871. The van der Waals surface area contributed by atoms with Crippen LogP contribution in [0.2, 0.25) is 0 Å². The minimum Gasteiger partial charge on any atom is -0.383 e. The Bertz CT molecular complexity index is 499. The summed E-state index contributed by atoms with van der Waals surface area (Å²) < 4.78 is 4.91. The zero-order valence-corrected chi connectivity index (χ0v) is 13.2. The summed E-state index contributed by atoms with van der Waals surface area (Å²) in [7, 11) is 1.55. The average molecular weight is 290 g/mol. The van der Waals surface area contributed by atoms with Gasteiger partial charge in [0.15, 0.2) is 0 Å². The zero-order valence-electron chi connectivity index (χ0n) is 13.2. The van der Waals surface area contributed by atoms with Crippen molar-refractivity contribution < 1.29 is 9.53 Å². The van der Waals surface area contributed by atoms with Gasteiger partial charge in [-0.3, -0.25) is 4.79 Å². The molecule has 0 saturated carbocycles. The minimum atomic E-state index is -0.592. The summed E-state index contributed by atoms with van der Waals surface area (Å²) in [5.74, 6) is 0.229. The topological polar surface area (TPSA) is 64.3 Å². The molecule has 2 atom stereocenters. The van der Waals surface area contributed by atoms with E-state index < -0.39 is 6.04 Å². The molecule has 4 nitrogen and oxygen atoms in total. The van der Waals surface area contributed by atoms with Gasteiger partial charge < -0.3 is 15.8 Å². The summed E-state index contributed by atoms with van der Waals surface area (Å²) in [5.41, 5.74) is 8.71. The first kappa shape index (κ1) is 16.0. The largest absolute Gasteiger partial charge is 0.383 e. The highest BCUT2D eigenvalue weighted by Crippen LogP contribution is 2.42. The Kier molecular flexibility index (Phi) is 5.01. The number of carbonyl (C=O) groups excluding carboxylic acids is 1. The van der Waals surface area contributed by atoms with E-state index in [0.717, 1.165) is 12.8 Å². The van der Waals surface area contributed by atoms with Gasteiger partial charge in [-0.25, -0.2) is 0 Å². The molecule has 1 aromatic carbocycles. The van der Waals surface area contributed by atoms with Crippen LogP contribution in [0.25, 0.3) is 0 Å². The lowest BCUT2D eigenvalue weighted by molar-refractivity contribution is -0.123. The second-order valence-electron chi connectivity index (χ2n) is 6.51. The third kappa shape index (κ3) is 3.63. The molecule has 0 aliphatic heterocycles. The van der Waals surface area contributed by atoms with E-state index in [0.29, 0.717) is 12.5 Å². The van der Waals surface area contributed by atoms with Crippen LogP contribution in [0.3, 0.4) is 0 Å². The molecule has 3 N–H and O–H groups in total. The van der Waals surface area contributed by atoms with E-state index in [-0.39, 0.29) is 17.9 Å². The Labute approximate surface area is 127 Å². The van der Waals surface area contributed by atoms with Gasteiger partial charge in [0.25, 0.3) is 0 Å². The van der Waals surface area contributed by atoms with Crippen molar-refractivity contribution in [2.45, 2.75) is 44.1 Å². The number of hydrogen-bond acceptors (Lipinski definition) is 3. The van der Waals surface area contributed by atoms with Gasteiger partial charge in [0.2, 0.25) is 5.91 Å². The molecule has 116 valence electrons. The lowest BCUT2D eigenvalue weighted by atomic mass is 9.69. The maximum absolute atomic E-state index is 11.9. The number of fused-ring (bicyclic) bond motifs is 1. The highest BCUT2D eigenvalue weighted by Gasteiger charge is 2.32. The van der Waals surface area contributed by atoms with E-state index in [1.54, 1.807) is 7.11 Å². The predicted molar refractivity (Wildman–Crippen MR) is 84.3 cm³/mol. The number of nitrogens with two attached hydrogens (primary N) is 1. The summed E-state index contributed by atoms with van der Waals surface area (Å²) in [5, 5.41) is 2.96. The number of carbonyl (C=O) groups is 1. The number of amides is 1. The first-order chi connectivity index (χ1) is 9.95. The van der Waals surface area contributed by atoms with Gasteiger partial charge in [-0.2, -0.15) is 0 Å². The van der Waals surface area contributed by atoms with Crippen molar-refractivity contribution in [1.29, 1.82) is 0 Å². The maximum Gasteiger partial charge on any atom is 0.239 e. The van der Waals surface area contributed by atoms with Gasteiger partial charge in [-0.1, -0.05) is 38.1 Å². The maximum atomic E-state index is 11.9. The van der Waals surface area contributed by atoms with Crippen LogP contribution in [0.1, 0.15) is 43.7 Å². The molecule has 21 heavy (non-hydrogen) atoms. The van der Waals surface area contributed by atoms with Gasteiger partial charge in [0.05, 0.1) is 6.61 Å². The van der Waals surface area contributed by atoms with Gasteiger partial charge in [0, 0.05) is 19.6 Å². The molecule has 1 aliphatic rings. The molecule has 1 amide bonds. The van der Waals surface area contributed by atoms with Crippen LogP contribution in [-0.2, 0) is 14.9 Å². The molecule has 0 saturated heterocycles. The predicted octanol–water partition coefficient (Wildman–Crippen LogP) is 1.93. The van der Waals surface area contributed by atoms with E-state index in [4.69, 9.17) is 10.5 Å². The van der Waals surface area contributed by atoms with Crippen molar-refractivity contribution in [3.63, 3.8) is 0 Å². The first-order valence-electron chi connectivity index (χ1n) is 7.57. The molecule has 2 unspecified atom stereocenters. The van der Waals surface area contributed by atoms with Crippen LogP contribution in [0.15, 0.2) is 24.3 Å². The molecule has 1 aromatic rings. The van der Waals surface area contributed by atoms with E-state index >= 15 is 0 Å². The summed E-state index contributed by atoms with van der Waals surface area (Å²) in [4.78, 5) is 11.9. The summed E-state index contributed by atoms with van der Waals surface area (Å²) in [6.07, 6.45) is 2.22. The van der Waals surface area contributed by atoms with E-state index in [2.05, 4.69) is 43.4 Å². The Morgan fingerprint density at radius 3 is 2.90 bits per heavy atom. The Hall–Kier alpha value is -1.39. The van der Waals surface area contributed by atoms with Gasteiger partial charge >= 0.3 is 0 Å². The molecule has 0 bridgehead atoms. The number of nitrogens with one attached hydrogen (secondary N) is 1. The van der Waals surface area contributed by atoms with Gasteiger partial charge in [-0.05, 0) is 29.4 Å². The van der Waals surface area contributed by atoms with Crippen molar-refractivity contribution in [2.24, 2.45) is 5.73 Å². The number of ether oxygens (including phenoxy) is 1. The van der Waals surface area contributed by atoms with Crippen molar-refractivity contribution >= 4 is 5.91 Å². The SMILES string of the molecule is COCC(N)C(=O)NCC1CCC(C)(C)c2ccccc21. The first-order valence-corrected chi connectivity index (χ1v) is 7.57. The van der Waals surface area contributed by atoms with Crippen molar-refractivity contribution in [2.75, 3.05) is 20.3 Å². The van der Waals surface area contributed by atoms with E-state index in [1.807, 2.05) is 0 Å². The fourth-order valence-corrected chi connectivity index (χ4v) is 3.12. The molecule has 0 aromatic heterocycles. The smallest absolute Gasteiger partial charge is 0.239 e. The van der Waals surface area contributed by atoms with E-state index in [1.165, 1.54) is 11.1 Å². The zero-order chi connectivity index (χ0) is 15.5. The summed E-state index contributed by atoms with van der Waals surface area (Å²) in [6.45, 7) is 5.47. The fraction of sp³-hybridized carbons (Fsp3) is 0.588. The van der Waals surface area contributed by atoms with Crippen LogP contribution < -0.4 is 11.1 Å². The van der Waals surface area contributed by atoms with Crippen LogP contribution in [-0.4, -0.2) is 32.2 Å². The average Bonchev–Trinajstić information content (AvgIpc) is 2.46. The lowest BCUT2D eigenvalue weighted by Crippen LogP contribution is -2.45. The second kappa shape index (κ2) is 6.58. The molecule has 4 heteroatoms. The summed E-state index contributed by atoms with van der Waals surface area (Å²) in [6, 6.07) is 7.97. The highest BCUT2D eigenvalue weighted by atomic mass is 16.5. The molecule has 0 heterocycles. The molecule has 2 rings (SSSR count). The van der Waals surface area contributed by atoms with E-state index in [9.17, 15) is 4.79 Å². The number of hydrogen-bond donors (Lipinski definition) is 2. The minimum absolute atomic E-state index is 0.140. The molecular weight excluding hydrogens is 264 g/mol. The van der Waals surface area contributed by atoms with Gasteiger partial charge in [-0.15, -0.1) is 0 Å². The molecule has 1 aliphatic carbocycles. The fourth-order valence-electron chi connectivity index (χ4n) is 3.12. The highest BCUT2D eigenvalue weighted by molar-refractivity contribution is 5.81. The third-order valence-electron chi connectivity index (χ3n) is 4.45. The van der Waals surface area contributed by atoms with Crippen molar-refractivity contribution in [1.82, 2.24) is 5.32 Å². The normalized spacial score (nSPS) is 21.4. The molecular formula is C17H26N2O2. The van der Waals surface area contributed by atoms with Crippen LogP contribution >= 0.6 is 0 Å². The second-order valence-corrected chi connectivity index (χ2v) is 6.51. The van der Waals surface area contributed by atoms with Crippen LogP contribution in [0, 0.1) is 0 Å². The monoisotopic (exact) mass is 290 g/mol. The Morgan fingerprint density at radius 2 is 2.19 bits per heavy atom. The van der Waals surface area contributed by atoms with Crippen LogP contribution in [0.4, 0.5) is 0 Å².